The van der Waals surface area contributed by atoms with Crippen molar-refractivity contribution in [1.82, 2.24) is 0 Å². The Hall–Kier alpha value is -2.90. The molecule has 0 heterocycles. The molecule has 0 radical (unpaired) electrons. The summed E-state index contributed by atoms with van der Waals surface area (Å²) in [4.78, 5) is 0.187. The number of anilines is 3. The molecule has 3 aromatic rings. The number of aryl methyl sites for hydroxylation is 3. The summed E-state index contributed by atoms with van der Waals surface area (Å²) in [6.45, 7) is 10.2. The summed E-state index contributed by atoms with van der Waals surface area (Å²) in [5, 5.41) is 6.69. The Kier molecular flexibility index (Phi) is 7.76. The van der Waals surface area contributed by atoms with Crippen molar-refractivity contribution in [3.8, 4) is 0 Å². The van der Waals surface area contributed by atoms with Crippen LogP contribution in [0.2, 0.25) is 0 Å². The molecule has 1 atom stereocenters. The lowest BCUT2D eigenvalue weighted by atomic mass is 9.99. The van der Waals surface area contributed by atoms with Crippen molar-refractivity contribution in [3.05, 3.63) is 82.9 Å². The number of sulfonamides is 1. The first-order valence-corrected chi connectivity index (χ1v) is 12.9. The maximum absolute atomic E-state index is 12.9. The SMILES string of the molecule is CCC(C)c1ccc(NC(=S)Nc2ccc(S(=O)(=O)Nc3c(C)cc(C)cc3C)cc2)cc1. The van der Waals surface area contributed by atoms with E-state index in [-0.39, 0.29) is 4.90 Å². The van der Waals surface area contributed by atoms with E-state index in [1.807, 2.05) is 45.0 Å². The molecule has 5 nitrogen and oxygen atoms in total. The summed E-state index contributed by atoms with van der Waals surface area (Å²) >= 11 is 5.40. The smallest absolute Gasteiger partial charge is 0.261 e. The van der Waals surface area contributed by atoms with Crippen LogP contribution in [0.1, 0.15) is 48.4 Å². The lowest BCUT2D eigenvalue weighted by molar-refractivity contribution is 0.601. The van der Waals surface area contributed by atoms with Crippen LogP contribution in [0.15, 0.2) is 65.6 Å². The van der Waals surface area contributed by atoms with Gasteiger partial charge in [0.05, 0.1) is 10.6 Å². The molecule has 7 heteroatoms. The molecule has 0 spiro atoms. The van der Waals surface area contributed by atoms with Crippen LogP contribution in [0.25, 0.3) is 0 Å². The predicted octanol–water partition coefficient (Wildman–Crippen LogP) is 6.74. The minimum absolute atomic E-state index is 0.187. The number of hydrogen-bond acceptors (Lipinski definition) is 3. The van der Waals surface area contributed by atoms with E-state index in [0.29, 0.717) is 22.4 Å². The Labute approximate surface area is 202 Å². The van der Waals surface area contributed by atoms with E-state index in [1.54, 1.807) is 24.3 Å². The first-order valence-electron chi connectivity index (χ1n) is 11.0. The maximum Gasteiger partial charge on any atom is 0.261 e. The first-order chi connectivity index (χ1) is 15.6. The fourth-order valence-corrected chi connectivity index (χ4v) is 5.11. The molecular formula is C26H31N3O2S2. The zero-order valence-corrected chi connectivity index (χ0v) is 21.3. The molecule has 1 unspecified atom stereocenters. The van der Waals surface area contributed by atoms with Crippen molar-refractivity contribution in [3.63, 3.8) is 0 Å². The second-order valence-corrected chi connectivity index (χ2v) is 10.5. The van der Waals surface area contributed by atoms with Crippen LogP contribution in [-0.2, 0) is 10.0 Å². The second-order valence-electron chi connectivity index (χ2n) is 8.41. The van der Waals surface area contributed by atoms with E-state index in [2.05, 4.69) is 41.3 Å². The number of rotatable bonds is 7. The van der Waals surface area contributed by atoms with Gasteiger partial charge in [-0.1, -0.05) is 43.7 Å². The zero-order chi connectivity index (χ0) is 24.2. The molecule has 0 saturated heterocycles. The highest BCUT2D eigenvalue weighted by Gasteiger charge is 2.17. The van der Waals surface area contributed by atoms with Gasteiger partial charge in [-0.15, -0.1) is 0 Å². The van der Waals surface area contributed by atoms with Gasteiger partial charge in [-0.2, -0.15) is 0 Å². The van der Waals surface area contributed by atoms with Crippen molar-refractivity contribution in [2.45, 2.75) is 51.9 Å². The predicted molar refractivity (Wildman–Crippen MR) is 143 cm³/mol. The Bertz CT molecular complexity index is 1210. The third-order valence-electron chi connectivity index (χ3n) is 5.69. The Balaban J connectivity index is 1.65. The normalized spacial score (nSPS) is 12.2. The van der Waals surface area contributed by atoms with Gasteiger partial charge in [0.1, 0.15) is 0 Å². The van der Waals surface area contributed by atoms with Crippen LogP contribution >= 0.6 is 12.2 Å². The van der Waals surface area contributed by atoms with Gasteiger partial charge in [-0.05, 0) is 98.4 Å². The molecule has 0 fully saturated rings. The summed E-state index contributed by atoms with van der Waals surface area (Å²) in [5.74, 6) is 0.521. The van der Waals surface area contributed by atoms with E-state index in [0.717, 1.165) is 28.8 Å². The minimum atomic E-state index is -3.70. The van der Waals surface area contributed by atoms with Gasteiger partial charge < -0.3 is 10.6 Å². The third-order valence-corrected chi connectivity index (χ3v) is 7.26. The van der Waals surface area contributed by atoms with Gasteiger partial charge in [-0.3, -0.25) is 4.72 Å². The fourth-order valence-electron chi connectivity index (χ4n) is 3.68. The van der Waals surface area contributed by atoms with Crippen molar-refractivity contribution < 1.29 is 8.42 Å². The Morgan fingerprint density at radius 1 is 0.879 bits per heavy atom. The van der Waals surface area contributed by atoms with Gasteiger partial charge in [0.15, 0.2) is 5.11 Å². The molecular weight excluding hydrogens is 450 g/mol. The highest BCUT2D eigenvalue weighted by Crippen LogP contribution is 2.26. The second kappa shape index (κ2) is 10.4. The first kappa shape index (κ1) is 24.7. The summed E-state index contributed by atoms with van der Waals surface area (Å²) in [6, 6.07) is 18.7. The number of thiocarbonyl (C=S) groups is 1. The Morgan fingerprint density at radius 2 is 1.36 bits per heavy atom. The summed E-state index contributed by atoms with van der Waals surface area (Å²) < 4.78 is 28.5. The molecule has 0 aliphatic heterocycles. The van der Waals surface area contributed by atoms with E-state index in [1.165, 1.54) is 5.56 Å². The van der Waals surface area contributed by atoms with Crippen LogP contribution in [0.5, 0.6) is 0 Å². The number of hydrogen-bond donors (Lipinski definition) is 3. The standard InChI is InChI=1S/C26H31N3O2S2/c1-6-18(3)21-7-9-22(10-8-21)27-26(32)28-23-11-13-24(14-12-23)33(30,31)29-25-19(4)15-17(2)16-20(25)5/h7-16,18,29H,6H2,1-5H3,(H2,27,28,32). The average Bonchev–Trinajstić information content (AvgIpc) is 2.76. The van der Waals surface area contributed by atoms with E-state index in [9.17, 15) is 8.42 Å². The lowest BCUT2D eigenvalue weighted by Gasteiger charge is -2.15. The van der Waals surface area contributed by atoms with Gasteiger partial charge in [0, 0.05) is 11.4 Å². The molecule has 174 valence electrons. The fraction of sp³-hybridized carbons (Fsp3) is 0.269. The molecule has 3 N–H and O–H groups in total. The zero-order valence-electron chi connectivity index (χ0n) is 19.7. The van der Waals surface area contributed by atoms with Crippen molar-refractivity contribution in [2.75, 3.05) is 15.4 Å². The summed E-state index contributed by atoms with van der Waals surface area (Å²) in [5.41, 5.74) is 6.39. The van der Waals surface area contributed by atoms with Gasteiger partial charge in [-0.25, -0.2) is 8.42 Å². The molecule has 3 aromatic carbocycles. The van der Waals surface area contributed by atoms with E-state index >= 15 is 0 Å². The summed E-state index contributed by atoms with van der Waals surface area (Å²) in [7, 11) is -3.70. The highest BCUT2D eigenvalue weighted by atomic mass is 32.2. The van der Waals surface area contributed by atoms with Crippen molar-refractivity contribution >= 4 is 44.4 Å². The molecule has 0 saturated carbocycles. The summed E-state index contributed by atoms with van der Waals surface area (Å²) in [6.07, 6.45) is 1.10. The molecule has 0 aromatic heterocycles. The van der Waals surface area contributed by atoms with E-state index < -0.39 is 10.0 Å². The number of nitrogens with one attached hydrogen (secondary N) is 3. The Morgan fingerprint density at radius 3 is 1.85 bits per heavy atom. The van der Waals surface area contributed by atoms with Crippen molar-refractivity contribution in [2.24, 2.45) is 0 Å². The van der Waals surface area contributed by atoms with Gasteiger partial charge in [0.2, 0.25) is 0 Å². The van der Waals surface area contributed by atoms with Crippen LogP contribution in [0, 0.1) is 20.8 Å². The van der Waals surface area contributed by atoms with Gasteiger partial charge >= 0.3 is 0 Å². The molecule has 0 bridgehead atoms. The van der Waals surface area contributed by atoms with Crippen molar-refractivity contribution in [1.29, 1.82) is 0 Å². The maximum atomic E-state index is 12.9. The molecule has 0 amide bonds. The van der Waals surface area contributed by atoms with Gasteiger partial charge in [0.25, 0.3) is 10.0 Å². The average molecular weight is 482 g/mol. The monoisotopic (exact) mass is 481 g/mol. The largest absolute Gasteiger partial charge is 0.332 e. The van der Waals surface area contributed by atoms with Crippen LogP contribution in [0.4, 0.5) is 17.1 Å². The highest BCUT2D eigenvalue weighted by molar-refractivity contribution is 7.92. The van der Waals surface area contributed by atoms with Crippen LogP contribution < -0.4 is 15.4 Å². The molecule has 0 aliphatic carbocycles. The topological polar surface area (TPSA) is 70.2 Å². The molecule has 3 rings (SSSR count). The molecule has 0 aliphatic rings. The minimum Gasteiger partial charge on any atom is -0.332 e. The quantitative estimate of drug-likeness (QED) is 0.326. The lowest BCUT2D eigenvalue weighted by Crippen LogP contribution is -2.19. The third kappa shape index (κ3) is 6.33. The number of benzene rings is 3. The van der Waals surface area contributed by atoms with E-state index in [4.69, 9.17) is 12.2 Å². The molecule has 33 heavy (non-hydrogen) atoms. The van der Waals surface area contributed by atoms with Crippen LogP contribution in [0.3, 0.4) is 0 Å². The van der Waals surface area contributed by atoms with Crippen LogP contribution in [-0.4, -0.2) is 13.5 Å².